The van der Waals surface area contributed by atoms with Crippen LogP contribution in [0.15, 0.2) is 53.5 Å². The number of aromatic nitrogens is 2. The molecule has 1 amide bonds. The van der Waals surface area contributed by atoms with E-state index < -0.39 is 4.92 Å². The number of thiazole rings is 1. The molecule has 7 nitrogen and oxygen atoms in total. The predicted octanol–water partition coefficient (Wildman–Crippen LogP) is 3.75. The Morgan fingerprint density at radius 3 is 2.74 bits per heavy atom. The molecule has 27 heavy (non-hydrogen) atoms. The Balaban J connectivity index is 1.79. The Kier molecular flexibility index (Phi) is 4.04. The summed E-state index contributed by atoms with van der Waals surface area (Å²) in [6.45, 7) is 1.90. The van der Waals surface area contributed by atoms with Crippen LogP contribution in [0.3, 0.4) is 0 Å². The molecule has 0 saturated heterocycles. The summed E-state index contributed by atoms with van der Waals surface area (Å²) in [5.74, 6) is -0.378. The van der Waals surface area contributed by atoms with Gasteiger partial charge in [-0.2, -0.15) is 4.99 Å². The average Bonchev–Trinajstić information content (AvgIpc) is 2.96. The van der Waals surface area contributed by atoms with E-state index in [0.717, 1.165) is 22.1 Å². The van der Waals surface area contributed by atoms with E-state index in [1.165, 1.54) is 23.5 Å². The summed E-state index contributed by atoms with van der Waals surface area (Å²) < 4.78 is 2.46. The fourth-order valence-electron chi connectivity index (χ4n) is 2.85. The van der Waals surface area contributed by atoms with Crippen molar-refractivity contribution in [1.82, 2.24) is 9.55 Å². The zero-order valence-electron chi connectivity index (χ0n) is 14.5. The van der Waals surface area contributed by atoms with E-state index in [1.807, 2.05) is 25.1 Å². The van der Waals surface area contributed by atoms with Crippen molar-refractivity contribution < 1.29 is 9.72 Å². The van der Waals surface area contributed by atoms with E-state index in [1.54, 1.807) is 29.8 Å². The Morgan fingerprint density at radius 2 is 1.96 bits per heavy atom. The van der Waals surface area contributed by atoms with Gasteiger partial charge in [0.25, 0.3) is 11.6 Å². The number of hydrogen-bond donors (Lipinski definition) is 0. The monoisotopic (exact) mass is 378 g/mol. The number of non-ortho nitro benzene ring substituents is 1. The number of carbonyl (C=O) groups excluding carboxylic acids is 1. The number of aryl methyl sites for hydroxylation is 2. The first kappa shape index (κ1) is 17.0. The Bertz CT molecular complexity index is 1300. The normalized spacial score (nSPS) is 12.0. The molecule has 0 radical (unpaired) electrons. The van der Waals surface area contributed by atoms with Gasteiger partial charge in [-0.1, -0.05) is 23.5 Å². The number of rotatable bonds is 2. The summed E-state index contributed by atoms with van der Waals surface area (Å²) in [4.78, 5) is 32.3. The fraction of sp³-hybridized carbons (Fsp3) is 0.105. The highest BCUT2D eigenvalue weighted by atomic mass is 32.1. The van der Waals surface area contributed by atoms with Gasteiger partial charge in [-0.15, -0.1) is 0 Å². The van der Waals surface area contributed by atoms with Crippen LogP contribution in [0, 0.1) is 17.0 Å². The van der Waals surface area contributed by atoms with Crippen LogP contribution in [0.1, 0.15) is 16.1 Å². The van der Waals surface area contributed by atoms with E-state index in [9.17, 15) is 14.9 Å². The maximum absolute atomic E-state index is 12.6. The van der Waals surface area contributed by atoms with Gasteiger partial charge in [0, 0.05) is 35.8 Å². The van der Waals surface area contributed by atoms with Crippen LogP contribution >= 0.6 is 11.3 Å². The molecule has 0 aliphatic heterocycles. The number of nitro benzene ring substituents is 1. The molecule has 2 heterocycles. The van der Waals surface area contributed by atoms with Crippen molar-refractivity contribution in [3.05, 3.63) is 74.7 Å². The van der Waals surface area contributed by atoms with Gasteiger partial charge >= 0.3 is 0 Å². The maximum atomic E-state index is 12.6. The van der Waals surface area contributed by atoms with Crippen LogP contribution in [0.4, 0.5) is 5.69 Å². The smallest absolute Gasteiger partial charge is 0.279 e. The molecule has 0 atom stereocenters. The van der Waals surface area contributed by atoms with Crippen LogP contribution in [0.2, 0.25) is 0 Å². The molecule has 8 heteroatoms. The molecule has 134 valence electrons. The molecule has 0 bridgehead atoms. The second-order valence-corrected chi connectivity index (χ2v) is 7.14. The fourth-order valence-corrected chi connectivity index (χ4v) is 3.90. The van der Waals surface area contributed by atoms with Gasteiger partial charge in [-0.3, -0.25) is 19.9 Å². The summed E-state index contributed by atoms with van der Waals surface area (Å²) in [6, 6.07) is 13.8. The van der Waals surface area contributed by atoms with E-state index >= 15 is 0 Å². The zero-order chi connectivity index (χ0) is 19.1. The minimum atomic E-state index is -0.439. The highest BCUT2D eigenvalue weighted by Gasteiger charge is 2.12. The first-order chi connectivity index (χ1) is 12.9. The number of fused-ring (bicyclic) bond motifs is 2. The molecule has 0 saturated carbocycles. The second kappa shape index (κ2) is 6.40. The lowest BCUT2D eigenvalue weighted by Gasteiger charge is -2.01. The van der Waals surface area contributed by atoms with E-state index in [-0.39, 0.29) is 11.6 Å². The number of benzene rings is 2. The molecule has 0 unspecified atom stereocenters. The molecular formula is C19H14N4O3S. The third kappa shape index (κ3) is 3.11. The molecule has 2 aromatic carbocycles. The van der Waals surface area contributed by atoms with Gasteiger partial charge < -0.3 is 4.57 Å². The van der Waals surface area contributed by atoms with Crippen LogP contribution in [-0.2, 0) is 7.05 Å². The number of carbonyl (C=O) groups is 1. The van der Waals surface area contributed by atoms with Crippen molar-refractivity contribution in [2.75, 3.05) is 0 Å². The molecule has 0 N–H and O–H groups in total. The van der Waals surface area contributed by atoms with Crippen molar-refractivity contribution >= 4 is 44.1 Å². The molecule has 0 aliphatic carbocycles. The number of amides is 1. The van der Waals surface area contributed by atoms with Gasteiger partial charge in [0.1, 0.15) is 0 Å². The highest BCUT2D eigenvalue weighted by molar-refractivity contribution is 7.16. The molecule has 0 fully saturated rings. The van der Waals surface area contributed by atoms with Crippen LogP contribution < -0.4 is 4.80 Å². The number of nitrogens with zero attached hydrogens (tertiary/aromatic N) is 4. The standard InChI is InChI=1S/C19H14N4O3S/c1-11-3-4-12-5-6-13(9-15(12)20-11)18(24)21-19-22(2)16-8-7-14(23(25)26)10-17(16)27-19/h3-10H,1-2H3. The van der Waals surface area contributed by atoms with Gasteiger partial charge in [0.15, 0.2) is 4.80 Å². The van der Waals surface area contributed by atoms with Gasteiger partial charge in [-0.25, -0.2) is 0 Å². The molecule has 0 spiro atoms. The minimum Gasteiger partial charge on any atom is -0.319 e. The van der Waals surface area contributed by atoms with Crippen molar-refractivity contribution in [3.63, 3.8) is 0 Å². The van der Waals surface area contributed by atoms with Crippen molar-refractivity contribution in [1.29, 1.82) is 0 Å². The lowest BCUT2D eigenvalue weighted by molar-refractivity contribution is -0.384. The lowest BCUT2D eigenvalue weighted by Crippen LogP contribution is -2.13. The average molecular weight is 378 g/mol. The zero-order valence-corrected chi connectivity index (χ0v) is 15.4. The van der Waals surface area contributed by atoms with Crippen LogP contribution in [-0.4, -0.2) is 20.4 Å². The van der Waals surface area contributed by atoms with Crippen molar-refractivity contribution in [3.8, 4) is 0 Å². The minimum absolute atomic E-state index is 0.0122. The molecule has 4 aromatic rings. The SMILES string of the molecule is Cc1ccc2ccc(C(=O)N=c3sc4cc([N+](=O)[O-])ccc4n3C)cc2n1. The van der Waals surface area contributed by atoms with Gasteiger partial charge in [-0.05, 0) is 31.2 Å². The van der Waals surface area contributed by atoms with Crippen LogP contribution in [0.5, 0.6) is 0 Å². The molecule has 2 aromatic heterocycles. The molecular weight excluding hydrogens is 364 g/mol. The molecule has 0 aliphatic rings. The maximum Gasteiger partial charge on any atom is 0.279 e. The summed E-state index contributed by atoms with van der Waals surface area (Å²) in [6.07, 6.45) is 0. The summed E-state index contributed by atoms with van der Waals surface area (Å²) >= 11 is 1.24. The summed E-state index contributed by atoms with van der Waals surface area (Å²) in [5.41, 5.74) is 2.86. The first-order valence-corrected chi connectivity index (χ1v) is 8.94. The Labute approximate surface area is 157 Å². The predicted molar refractivity (Wildman–Crippen MR) is 104 cm³/mol. The van der Waals surface area contributed by atoms with Gasteiger partial charge in [0.2, 0.25) is 0 Å². The lowest BCUT2D eigenvalue weighted by atomic mass is 10.1. The van der Waals surface area contributed by atoms with E-state index in [4.69, 9.17) is 0 Å². The van der Waals surface area contributed by atoms with E-state index in [2.05, 4.69) is 9.98 Å². The number of nitro groups is 1. The second-order valence-electron chi connectivity index (χ2n) is 6.13. The Morgan fingerprint density at radius 1 is 1.19 bits per heavy atom. The number of hydrogen-bond acceptors (Lipinski definition) is 5. The summed E-state index contributed by atoms with van der Waals surface area (Å²) in [7, 11) is 1.78. The molecule has 4 rings (SSSR count). The number of pyridine rings is 1. The van der Waals surface area contributed by atoms with Gasteiger partial charge in [0.05, 0.1) is 20.7 Å². The van der Waals surface area contributed by atoms with Crippen molar-refractivity contribution in [2.45, 2.75) is 6.92 Å². The van der Waals surface area contributed by atoms with E-state index in [0.29, 0.717) is 15.1 Å². The third-order valence-electron chi connectivity index (χ3n) is 4.28. The first-order valence-electron chi connectivity index (χ1n) is 8.13. The third-order valence-corrected chi connectivity index (χ3v) is 5.37. The summed E-state index contributed by atoms with van der Waals surface area (Å²) in [5, 5.41) is 11.9. The quantitative estimate of drug-likeness (QED) is 0.392. The largest absolute Gasteiger partial charge is 0.319 e. The van der Waals surface area contributed by atoms with Crippen molar-refractivity contribution in [2.24, 2.45) is 12.0 Å². The topological polar surface area (TPSA) is 90.4 Å². The van der Waals surface area contributed by atoms with Crippen LogP contribution in [0.25, 0.3) is 21.1 Å². The Hall–Kier alpha value is -3.39. The highest BCUT2D eigenvalue weighted by Crippen LogP contribution is 2.22.